The zero-order valence-electron chi connectivity index (χ0n) is 13.7. The maximum atomic E-state index is 12.2. The lowest BCUT2D eigenvalue weighted by atomic mass is 10.3. The normalized spacial score (nSPS) is 20.4. The molecule has 0 spiro atoms. The topological polar surface area (TPSA) is 57.8 Å². The van der Waals surface area contributed by atoms with Gasteiger partial charge in [0.15, 0.2) is 5.17 Å². The molecule has 2 aliphatic rings. The Hall–Kier alpha value is -1.51. The standard InChI is InChI=1S/C18H15Br2N3O2S/c19-11-3-5-12(6-4-11)21-18-22-16(24)15(26-18)10-13-9-14(20)17(25-13)23-7-1-2-8-23/h3-6,9-10H,1-2,7-8H2,(H,21,22,24)/b15-10-. The van der Waals surface area contributed by atoms with E-state index in [1.54, 1.807) is 6.08 Å². The van der Waals surface area contributed by atoms with Crippen molar-refractivity contribution in [2.75, 3.05) is 18.0 Å². The molecule has 0 bridgehead atoms. The third-order valence-corrected chi connectivity index (χ3v) is 6.07. The number of nitrogens with zero attached hydrogens (tertiary/aromatic N) is 2. The van der Waals surface area contributed by atoms with Crippen molar-refractivity contribution in [2.24, 2.45) is 4.99 Å². The molecular formula is C18H15Br2N3O2S. The highest BCUT2D eigenvalue weighted by Crippen LogP contribution is 2.35. The molecule has 134 valence electrons. The average molecular weight is 497 g/mol. The van der Waals surface area contributed by atoms with E-state index in [0.29, 0.717) is 15.8 Å². The zero-order valence-corrected chi connectivity index (χ0v) is 17.7. The molecular weight excluding hydrogens is 482 g/mol. The van der Waals surface area contributed by atoms with E-state index in [4.69, 9.17) is 4.42 Å². The van der Waals surface area contributed by atoms with Gasteiger partial charge in [-0.1, -0.05) is 15.9 Å². The summed E-state index contributed by atoms with van der Waals surface area (Å²) in [5.41, 5.74) is 0.786. The summed E-state index contributed by atoms with van der Waals surface area (Å²) in [6, 6.07) is 9.50. The van der Waals surface area contributed by atoms with Crippen LogP contribution in [0.25, 0.3) is 6.08 Å². The smallest absolute Gasteiger partial charge is 0.264 e. The molecule has 4 rings (SSSR count). The summed E-state index contributed by atoms with van der Waals surface area (Å²) >= 11 is 8.26. The molecule has 0 atom stereocenters. The van der Waals surface area contributed by atoms with E-state index >= 15 is 0 Å². The minimum Gasteiger partial charge on any atom is -0.440 e. The number of hydrogen-bond acceptors (Lipinski definition) is 5. The summed E-state index contributed by atoms with van der Waals surface area (Å²) < 4.78 is 7.84. The molecule has 2 aromatic rings. The first-order chi connectivity index (χ1) is 12.6. The lowest BCUT2D eigenvalue weighted by Crippen LogP contribution is -2.19. The quantitative estimate of drug-likeness (QED) is 0.586. The first-order valence-electron chi connectivity index (χ1n) is 8.18. The van der Waals surface area contributed by atoms with Crippen molar-refractivity contribution in [3.63, 3.8) is 0 Å². The molecule has 2 aliphatic heterocycles. The molecule has 0 saturated carbocycles. The highest BCUT2D eigenvalue weighted by Gasteiger charge is 2.25. The average Bonchev–Trinajstić information content (AvgIpc) is 3.32. The Balaban J connectivity index is 1.53. The SMILES string of the molecule is O=C1NC(=Nc2ccc(Br)cc2)S/C1=C\c1cc(Br)c(N2CCCC2)o1. The number of aliphatic imine (C=N–C) groups is 1. The molecule has 2 saturated heterocycles. The minimum atomic E-state index is -0.166. The van der Waals surface area contributed by atoms with Crippen LogP contribution in [0.15, 0.2) is 53.6 Å². The zero-order chi connectivity index (χ0) is 18.1. The lowest BCUT2D eigenvalue weighted by molar-refractivity contribution is -0.115. The molecule has 0 radical (unpaired) electrons. The van der Waals surface area contributed by atoms with Gasteiger partial charge in [-0.15, -0.1) is 0 Å². The number of anilines is 1. The Bertz CT molecular complexity index is 900. The van der Waals surface area contributed by atoms with E-state index in [2.05, 4.69) is 47.1 Å². The van der Waals surface area contributed by atoms with Gasteiger partial charge in [-0.3, -0.25) is 4.79 Å². The van der Waals surface area contributed by atoms with Gasteiger partial charge in [0.05, 0.1) is 15.1 Å². The first kappa shape index (κ1) is 17.9. The largest absolute Gasteiger partial charge is 0.440 e. The van der Waals surface area contributed by atoms with Gasteiger partial charge in [0.2, 0.25) is 5.88 Å². The maximum Gasteiger partial charge on any atom is 0.264 e. The van der Waals surface area contributed by atoms with Crippen molar-refractivity contribution in [3.8, 4) is 0 Å². The molecule has 26 heavy (non-hydrogen) atoms. The number of halogens is 2. The van der Waals surface area contributed by atoms with Crippen molar-refractivity contribution < 1.29 is 9.21 Å². The number of furan rings is 1. The second-order valence-electron chi connectivity index (χ2n) is 5.95. The fraction of sp³-hybridized carbons (Fsp3) is 0.222. The van der Waals surface area contributed by atoms with Gasteiger partial charge in [-0.05, 0) is 64.8 Å². The molecule has 0 aliphatic carbocycles. The summed E-state index contributed by atoms with van der Waals surface area (Å²) in [4.78, 5) is 19.5. The highest BCUT2D eigenvalue weighted by atomic mass is 79.9. The van der Waals surface area contributed by atoms with Crippen LogP contribution in [0.4, 0.5) is 11.6 Å². The van der Waals surface area contributed by atoms with Gasteiger partial charge in [0, 0.05) is 29.7 Å². The fourth-order valence-corrected chi connectivity index (χ4v) is 4.47. The molecule has 8 heteroatoms. The van der Waals surface area contributed by atoms with Crippen LogP contribution >= 0.6 is 43.6 Å². The lowest BCUT2D eigenvalue weighted by Gasteiger charge is -2.13. The molecule has 1 N–H and O–H groups in total. The third kappa shape index (κ3) is 3.92. The summed E-state index contributed by atoms with van der Waals surface area (Å²) in [6.07, 6.45) is 4.11. The van der Waals surface area contributed by atoms with Crippen molar-refractivity contribution in [2.45, 2.75) is 12.8 Å². The van der Waals surface area contributed by atoms with E-state index in [1.165, 1.54) is 24.6 Å². The molecule has 0 unspecified atom stereocenters. The maximum absolute atomic E-state index is 12.2. The summed E-state index contributed by atoms with van der Waals surface area (Å²) in [7, 11) is 0. The summed E-state index contributed by atoms with van der Waals surface area (Å²) in [6.45, 7) is 2.00. The number of carbonyl (C=O) groups excluding carboxylic acids is 1. The van der Waals surface area contributed by atoms with Crippen LogP contribution in [0.1, 0.15) is 18.6 Å². The molecule has 1 aromatic heterocycles. The van der Waals surface area contributed by atoms with Crippen LogP contribution in [0.2, 0.25) is 0 Å². The van der Waals surface area contributed by atoms with E-state index in [0.717, 1.165) is 33.6 Å². The second kappa shape index (κ2) is 7.62. The van der Waals surface area contributed by atoms with Gasteiger partial charge >= 0.3 is 0 Å². The van der Waals surface area contributed by atoms with Crippen LogP contribution in [0, 0.1) is 0 Å². The molecule has 5 nitrogen and oxygen atoms in total. The molecule has 3 heterocycles. The number of amides is 1. The minimum absolute atomic E-state index is 0.166. The van der Waals surface area contributed by atoms with E-state index in [9.17, 15) is 4.79 Å². The second-order valence-corrected chi connectivity index (χ2v) is 8.75. The fourth-order valence-electron chi connectivity index (χ4n) is 2.83. The predicted molar refractivity (Wildman–Crippen MR) is 113 cm³/mol. The Kier molecular flexibility index (Phi) is 5.24. The van der Waals surface area contributed by atoms with Crippen molar-refractivity contribution in [1.29, 1.82) is 0 Å². The van der Waals surface area contributed by atoms with Crippen molar-refractivity contribution in [1.82, 2.24) is 5.32 Å². The van der Waals surface area contributed by atoms with E-state index < -0.39 is 0 Å². The van der Waals surface area contributed by atoms with Crippen LogP contribution in [-0.4, -0.2) is 24.2 Å². The van der Waals surface area contributed by atoms with E-state index in [-0.39, 0.29) is 5.91 Å². The monoisotopic (exact) mass is 495 g/mol. The Labute approximate surface area is 172 Å². The Morgan fingerprint density at radius 3 is 2.65 bits per heavy atom. The van der Waals surface area contributed by atoms with Gasteiger partial charge < -0.3 is 14.6 Å². The number of carbonyl (C=O) groups is 1. The molecule has 1 amide bonds. The summed E-state index contributed by atoms with van der Waals surface area (Å²) in [5.74, 6) is 1.32. The Morgan fingerprint density at radius 1 is 1.19 bits per heavy atom. The number of nitrogens with one attached hydrogen (secondary N) is 1. The highest BCUT2D eigenvalue weighted by molar-refractivity contribution is 9.10. The number of thioether (sulfide) groups is 1. The number of hydrogen-bond donors (Lipinski definition) is 1. The predicted octanol–water partition coefficient (Wildman–Crippen LogP) is 5.30. The van der Waals surface area contributed by atoms with Gasteiger partial charge in [0.25, 0.3) is 5.91 Å². The molecule has 1 aromatic carbocycles. The summed E-state index contributed by atoms with van der Waals surface area (Å²) in [5, 5.41) is 3.36. The number of benzene rings is 1. The Morgan fingerprint density at radius 2 is 1.92 bits per heavy atom. The number of amidine groups is 1. The van der Waals surface area contributed by atoms with Crippen molar-refractivity contribution in [3.05, 3.63) is 49.9 Å². The van der Waals surface area contributed by atoms with Crippen LogP contribution in [0.5, 0.6) is 0 Å². The van der Waals surface area contributed by atoms with E-state index in [1.807, 2.05) is 30.3 Å². The van der Waals surface area contributed by atoms with Crippen LogP contribution < -0.4 is 10.2 Å². The number of rotatable bonds is 3. The first-order valence-corrected chi connectivity index (χ1v) is 10.6. The van der Waals surface area contributed by atoms with Crippen LogP contribution in [0.3, 0.4) is 0 Å². The van der Waals surface area contributed by atoms with Crippen molar-refractivity contribution >= 4 is 72.3 Å². The molecule has 2 fully saturated rings. The van der Waals surface area contributed by atoms with Gasteiger partial charge in [0.1, 0.15) is 5.76 Å². The third-order valence-electron chi connectivity index (χ3n) is 4.06. The van der Waals surface area contributed by atoms with Crippen LogP contribution in [-0.2, 0) is 4.79 Å². The van der Waals surface area contributed by atoms with Gasteiger partial charge in [-0.2, -0.15) is 0 Å². The van der Waals surface area contributed by atoms with Gasteiger partial charge in [-0.25, -0.2) is 4.99 Å².